The monoisotopic (exact) mass is 353 g/mol. The normalized spacial score (nSPS) is 14.2. The highest BCUT2D eigenvalue weighted by Gasteiger charge is 2.18. The van der Waals surface area contributed by atoms with Crippen molar-refractivity contribution >= 4 is 17.6 Å². The number of rotatable bonds is 7. The molecule has 1 saturated carbocycles. The number of carboxylic acid groups (broad SMARTS) is 1. The van der Waals surface area contributed by atoms with E-state index in [-0.39, 0.29) is 17.6 Å². The van der Waals surface area contributed by atoms with Crippen molar-refractivity contribution < 1.29 is 19.4 Å². The zero-order valence-corrected chi connectivity index (χ0v) is 14.6. The lowest BCUT2D eigenvalue weighted by Crippen LogP contribution is -2.16. The zero-order chi connectivity index (χ0) is 18.4. The number of carbonyl (C=O) groups is 2. The van der Waals surface area contributed by atoms with Crippen LogP contribution in [0.1, 0.15) is 48.0 Å². The van der Waals surface area contributed by atoms with Crippen molar-refractivity contribution in [1.29, 1.82) is 0 Å². The van der Waals surface area contributed by atoms with Crippen LogP contribution in [0.3, 0.4) is 0 Å². The van der Waals surface area contributed by atoms with Crippen LogP contribution in [-0.4, -0.2) is 23.1 Å². The molecule has 1 aliphatic rings. The number of ether oxygens (including phenoxy) is 1. The van der Waals surface area contributed by atoms with Crippen LogP contribution in [0.15, 0.2) is 48.5 Å². The lowest BCUT2D eigenvalue weighted by atomic mass is 10.1. The minimum Gasteiger partial charge on any atom is -0.488 e. The summed E-state index contributed by atoms with van der Waals surface area (Å²) in [6, 6.07) is 14.1. The summed E-state index contributed by atoms with van der Waals surface area (Å²) in [6.07, 6.45) is 5.63. The highest BCUT2D eigenvalue weighted by Crippen LogP contribution is 2.29. The van der Waals surface area contributed by atoms with Crippen molar-refractivity contribution in [3.05, 3.63) is 59.7 Å². The van der Waals surface area contributed by atoms with Crippen LogP contribution in [-0.2, 0) is 11.2 Å². The van der Waals surface area contributed by atoms with Crippen molar-refractivity contribution in [3.8, 4) is 5.75 Å². The molecule has 0 heterocycles. The Morgan fingerprint density at radius 3 is 2.42 bits per heavy atom. The molecule has 0 unspecified atom stereocenters. The quantitative estimate of drug-likeness (QED) is 0.779. The maximum atomic E-state index is 12.3. The first-order chi connectivity index (χ1) is 12.6. The Morgan fingerprint density at radius 2 is 1.73 bits per heavy atom. The van der Waals surface area contributed by atoms with Crippen molar-refractivity contribution in [3.63, 3.8) is 0 Å². The second kappa shape index (κ2) is 8.52. The molecule has 0 radical (unpaired) electrons. The van der Waals surface area contributed by atoms with Gasteiger partial charge in [0.25, 0.3) is 0 Å². The Hall–Kier alpha value is -2.82. The summed E-state index contributed by atoms with van der Waals surface area (Å²) in [5.74, 6) is -0.318. The van der Waals surface area contributed by atoms with Gasteiger partial charge in [-0.15, -0.1) is 0 Å². The van der Waals surface area contributed by atoms with Crippen molar-refractivity contribution in [2.24, 2.45) is 0 Å². The predicted octanol–water partition coefficient (Wildman–Crippen LogP) is 4.28. The van der Waals surface area contributed by atoms with E-state index in [9.17, 15) is 9.59 Å². The van der Waals surface area contributed by atoms with Crippen molar-refractivity contribution in [2.45, 2.75) is 44.6 Å². The van der Waals surface area contributed by atoms with Crippen LogP contribution in [0.25, 0.3) is 0 Å². The fourth-order valence-electron chi connectivity index (χ4n) is 3.14. The van der Waals surface area contributed by atoms with E-state index in [1.807, 2.05) is 24.3 Å². The molecule has 136 valence electrons. The minimum atomic E-state index is -0.951. The topological polar surface area (TPSA) is 75.6 Å². The van der Waals surface area contributed by atoms with E-state index in [0.717, 1.165) is 24.2 Å². The van der Waals surface area contributed by atoms with Gasteiger partial charge in [0.15, 0.2) is 0 Å². The Labute approximate surface area is 153 Å². The van der Waals surface area contributed by atoms with Crippen LogP contribution in [0.5, 0.6) is 5.75 Å². The third-order valence-corrected chi connectivity index (χ3v) is 4.60. The molecular weight excluding hydrogens is 330 g/mol. The fraction of sp³-hybridized carbons (Fsp3) is 0.333. The summed E-state index contributed by atoms with van der Waals surface area (Å²) in [7, 11) is 0. The van der Waals surface area contributed by atoms with Gasteiger partial charge in [0, 0.05) is 6.42 Å². The number of carbonyl (C=O) groups excluding carboxylic acids is 1. The molecule has 1 fully saturated rings. The van der Waals surface area contributed by atoms with E-state index in [0.29, 0.717) is 18.5 Å². The average molecular weight is 353 g/mol. The number of carboxylic acids is 1. The molecule has 0 aromatic heterocycles. The van der Waals surface area contributed by atoms with E-state index in [1.165, 1.54) is 12.8 Å². The largest absolute Gasteiger partial charge is 0.488 e. The molecular formula is C21H23NO4. The summed E-state index contributed by atoms with van der Waals surface area (Å²) < 4.78 is 6.04. The van der Waals surface area contributed by atoms with E-state index in [2.05, 4.69) is 5.32 Å². The molecule has 5 heteroatoms. The first kappa shape index (κ1) is 18.0. The van der Waals surface area contributed by atoms with Crippen LogP contribution < -0.4 is 10.1 Å². The fourth-order valence-corrected chi connectivity index (χ4v) is 3.14. The third-order valence-electron chi connectivity index (χ3n) is 4.60. The van der Waals surface area contributed by atoms with Crippen LogP contribution in [0.2, 0.25) is 0 Å². The predicted molar refractivity (Wildman–Crippen MR) is 99.7 cm³/mol. The molecule has 2 N–H and O–H groups in total. The Morgan fingerprint density at radius 1 is 1.04 bits per heavy atom. The van der Waals surface area contributed by atoms with E-state index < -0.39 is 5.97 Å². The average Bonchev–Trinajstić information content (AvgIpc) is 3.15. The van der Waals surface area contributed by atoms with Gasteiger partial charge in [-0.1, -0.05) is 24.3 Å². The van der Waals surface area contributed by atoms with E-state index in [1.54, 1.807) is 24.3 Å². The Bertz CT molecular complexity index is 764. The Balaban J connectivity index is 1.55. The van der Waals surface area contributed by atoms with Gasteiger partial charge in [-0.2, -0.15) is 0 Å². The summed E-state index contributed by atoms with van der Waals surface area (Å²) in [5, 5.41) is 11.8. The maximum absolute atomic E-state index is 12.3. The second-order valence-corrected chi connectivity index (χ2v) is 6.57. The van der Waals surface area contributed by atoms with E-state index in [4.69, 9.17) is 9.84 Å². The number of hydrogen-bond acceptors (Lipinski definition) is 3. The van der Waals surface area contributed by atoms with Gasteiger partial charge in [0.2, 0.25) is 5.91 Å². The number of benzene rings is 2. The first-order valence-corrected chi connectivity index (χ1v) is 8.99. The highest BCUT2D eigenvalue weighted by atomic mass is 16.5. The molecule has 5 nitrogen and oxygen atoms in total. The van der Waals surface area contributed by atoms with Crippen molar-refractivity contribution in [1.82, 2.24) is 0 Å². The van der Waals surface area contributed by atoms with Gasteiger partial charge in [-0.3, -0.25) is 4.79 Å². The van der Waals surface area contributed by atoms with Crippen molar-refractivity contribution in [2.75, 3.05) is 5.32 Å². The molecule has 3 rings (SSSR count). The van der Waals surface area contributed by atoms with Crippen LogP contribution in [0, 0.1) is 0 Å². The summed E-state index contributed by atoms with van der Waals surface area (Å²) in [6.45, 7) is 0. The van der Waals surface area contributed by atoms with Gasteiger partial charge < -0.3 is 15.2 Å². The molecule has 0 saturated heterocycles. The van der Waals surface area contributed by atoms with E-state index >= 15 is 0 Å². The lowest BCUT2D eigenvalue weighted by Gasteiger charge is -2.17. The molecule has 1 amide bonds. The summed E-state index contributed by atoms with van der Waals surface area (Å²) in [5.41, 5.74) is 1.88. The highest BCUT2D eigenvalue weighted by molar-refractivity contribution is 5.92. The molecule has 1 aliphatic carbocycles. The van der Waals surface area contributed by atoms with Crippen LogP contribution >= 0.6 is 0 Å². The van der Waals surface area contributed by atoms with Gasteiger partial charge >= 0.3 is 5.97 Å². The number of anilines is 1. The van der Waals surface area contributed by atoms with Gasteiger partial charge in [-0.25, -0.2) is 4.79 Å². The maximum Gasteiger partial charge on any atom is 0.335 e. The molecule has 0 atom stereocenters. The number of amides is 1. The molecule has 2 aromatic carbocycles. The number of nitrogens with one attached hydrogen (secondary N) is 1. The summed E-state index contributed by atoms with van der Waals surface area (Å²) >= 11 is 0. The van der Waals surface area contributed by atoms with Gasteiger partial charge in [-0.05, 0) is 61.9 Å². The number of aryl methyl sites for hydroxylation is 1. The molecule has 0 aliphatic heterocycles. The molecule has 2 aromatic rings. The first-order valence-electron chi connectivity index (χ1n) is 8.99. The molecule has 0 bridgehead atoms. The molecule has 26 heavy (non-hydrogen) atoms. The molecule has 0 spiro atoms. The zero-order valence-electron chi connectivity index (χ0n) is 14.6. The lowest BCUT2D eigenvalue weighted by molar-refractivity contribution is -0.116. The number of hydrogen-bond donors (Lipinski definition) is 2. The Kier molecular flexibility index (Phi) is 5.89. The summed E-state index contributed by atoms with van der Waals surface area (Å²) in [4.78, 5) is 23.2. The SMILES string of the molecule is O=C(CCc1ccc(C(=O)O)cc1)Nc1ccccc1OC1CCCC1. The number of aromatic carboxylic acids is 1. The minimum absolute atomic E-state index is 0.0882. The standard InChI is InChI=1S/C21H23NO4/c23-20(14-11-15-9-12-16(13-10-15)21(24)25)22-18-7-3-4-8-19(18)26-17-5-1-2-6-17/h3-4,7-10,12-13,17H,1-2,5-6,11,14H2,(H,22,23)(H,24,25). The van der Waals surface area contributed by atoms with Crippen LogP contribution in [0.4, 0.5) is 5.69 Å². The van der Waals surface area contributed by atoms with Gasteiger partial charge in [0.1, 0.15) is 5.75 Å². The third kappa shape index (κ3) is 4.85. The van der Waals surface area contributed by atoms with Gasteiger partial charge in [0.05, 0.1) is 17.4 Å². The number of para-hydroxylation sites is 2. The smallest absolute Gasteiger partial charge is 0.335 e. The second-order valence-electron chi connectivity index (χ2n) is 6.57.